The molecule has 0 bridgehead atoms. The Hall–Kier alpha value is -1.06. The monoisotopic (exact) mass is 239 g/mol. The van der Waals surface area contributed by atoms with Crippen LogP contribution in [-0.4, -0.2) is 24.7 Å². The fourth-order valence-corrected chi connectivity index (χ4v) is 1.84. The van der Waals surface area contributed by atoms with Gasteiger partial charge >= 0.3 is 0 Å². The van der Waals surface area contributed by atoms with Crippen LogP contribution in [0.2, 0.25) is 5.02 Å². The van der Waals surface area contributed by atoms with Crippen LogP contribution in [0, 0.1) is 0 Å². The van der Waals surface area contributed by atoms with Gasteiger partial charge in [-0.25, -0.2) is 0 Å². The Balaban J connectivity index is 1.95. The molecular formula is C12H14ClNO2. The molecule has 16 heavy (non-hydrogen) atoms. The largest absolute Gasteiger partial charge is 0.367 e. The molecule has 4 heteroatoms. The normalized spacial score (nSPS) is 25.2. The summed E-state index contributed by atoms with van der Waals surface area (Å²) in [7, 11) is 0. The third-order valence-corrected chi connectivity index (χ3v) is 2.91. The minimum atomic E-state index is -0.332. The zero-order chi connectivity index (χ0) is 11.5. The molecule has 1 aliphatic heterocycles. The van der Waals surface area contributed by atoms with Gasteiger partial charge in [-0.2, -0.15) is 0 Å². The molecule has 0 aromatic heterocycles. The van der Waals surface area contributed by atoms with Gasteiger partial charge in [0.1, 0.15) is 6.10 Å². The molecule has 1 N–H and O–H groups in total. The fraction of sp³-hybridized carbons (Fsp3) is 0.417. The van der Waals surface area contributed by atoms with Crippen molar-refractivity contribution in [1.82, 2.24) is 5.32 Å². The van der Waals surface area contributed by atoms with E-state index in [1.807, 2.05) is 24.3 Å². The Kier molecular flexibility index (Phi) is 3.46. The molecule has 2 rings (SSSR count). The lowest BCUT2D eigenvalue weighted by Crippen LogP contribution is -2.50. The van der Waals surface area contributed by atoms with Crippen molar-refractivity contribution in [3.05, 3.63) is 34.9 Å². The Morgan fingerprint density at radius 1 is 1.44 bits per heavy atom. The maximum absolute atomic E-state index is 11.4. The van der Waals surface area contributed by atoms with Crippen LogP contribution in [0.4, 0.5) is 0 Å². The van der Waals surface area contributed by atoms with Crippen LogP contribution in [0.1, 0.15) is 12.5 Å². The van der Waals surface area contributed by atoms with Gasteiger partial charge in [0.05, 0.1) is 12.6 Å². The van der Waals surface area contributed by atoms with E-state index in [2.05, 4.69) is 5.32 Å². The summed E-state index contributed by atoms with van der Waals surface area (Å²) in [6.07, 6.45) is 0.441. The predicted octanol–water partition coefficient (Wildman–Crippen LogP) is 1.79. The van der Waals surface area contributed by atoms with Gasteiger partial charge in [-0.1, -0.05) is 23.7 Å². The fourth-order valence-electron chi connectivity index (χ4n) is 1.71. The van der Waals surface area contributed by atoms with Crippen LogP contribution in [0.15, 0.2) is 24.3 Å². The number of halogens is 1. The van der Waals surface area contributed by atoms with Crippen LogP contribution >= 0.6 is 11.6 Å². The second kappa shape index (κ2) is 4.85. The van der Waals surface area contributed by atoms with E-state index >= 15 is 0 Å². The lowest BCUT2D eigenvalue weighted by atomic mass is 10.1. The van der Waals surface area contributed by atoms with Crippen LogP contribution in [-0.2, 0) is 16.0 Å². The molecule has 1 aromatic rings. The van der Waals surface area contributed by atoms with Crippen LogP contribution in [0.5, 0.6) is 0 Å². The number of amides is 1. The molecular weight excluding hydrogens is 226 g/mol. The van der Waals surface area contributed by atoms with Crippen LogP contribution in [0.3, 0.4) is 0 Å². The summed E-state index contributed by atoms with van der Waals surface area (Å²) in [5, 5.41) is 3.66. The van der Waals surface area contributed by atoms with Crippen molar-refractivity contribution in [1.29, 1.82) is 0 Å². The lowest BCUT2D eigenvalue weighted by molar-refractivity contribution is -0.139. The molecule has 0 aliphatic carbocycles. The minimum Gasteiger partial charge on any atom is -0.367 e. The summed E-state index contributed by atoms with van der Waals surface area (Å²) in [6.45, 7) is 2.32. The van der Waals surface area contributed by atoms with Gasteiger partial charge < -0.3 is 10.1 Å². The SMILES string of the molecule is C[C@H]1OC[C@H](Cc2ccc(Cl)cc2)NC1=O. The number of carbonyl (C=O) groups excluding carboxylic acids is 1. The molecule has 0 saturated carbocycles. The zero-order valence-electron chi connectivity index (χ0n) is 9.07. The highest BCUT2D eigenvalue weighted by Crippen LogP contribution is 2.13. The molecule has 1 saturated heterocycles. The topological polar surface area (TPSA) is 38.3 Å². The van der Waals surface area contributed by atoms with Gasteiger partial charge in [0.25, 0.3) is 0 Å². The van der Waals surface area contributed by atoms with Crippen molar-refractivity contribution in [2.75, 3.05) is 6.61 Å². The number of ether oxygens (including phenoxy) is 1. The molecule has 1 aliphatic rings. The first-order valence-corrected chi connectivity index (χ1v) is 5.69. The van der Waals surface area contributed by atoms with Crippen molar-refractivity contribution in [3.8, 4) is 0 Å². The minimum absolute atomic E-state index is 0.0368. The van der Waals surface area contributed by atoms with E-state index in [1.54, 1.807) is 6.92 Å². The summed E-state index contributed by atoms with van der Waals surface area (Å²) in [4.78, 5) is 11.4. The number of hydrogen-bond donors (Lipinski definition) is 1. The average Bonchev–Trinajstić information content (AvgIpc) is 2.27. The van der Waals surface area contributed by atoms with Gasteiger partial charge in [0.2, 0.25) is 5.91 Å². The average molecular weight is 240 g/mol. The Morgan fingerprint density at radius 3 is 2.75 bits per heavy atom. The first kappa shape index (κ1) is 11.4. The molecule has 0 spiro atoms. The maximum atomic E-state index is 11.4. The molecule has 1 heterocycles. The van der Waals surface area contributed by atoms with Crippen molar-refractivity contribution in [3.63, 3.8) is 0 Å². The Labute approximate surface area is 99.7 Å². The molecule has 2 atom stereocenters. The smallest absolute Gasteiger partial charge is 0.249 e. The summed E-state index contributed by atoms with van der Waals surface area (Å²) >= 11 is 5.80. The van der Waals surface area contributed by atoms with Crippen molar-refractivity contribution in [2.45, 2.75) is 25.5 Å². The molecule has 0 radical (unpaired) electrons. The van der Waals surface area contributed by atoms with Gasteiger partial charge in [-0.3, -0.25) is 4.79 Å². The van der Waals surface area contributed by atoms with Crippen molar-refractivity contribution < 1.29 is 9.53 Å². The standard InChI is InChI=1S/C12H14ClNO2/c1-8-12(15)14-11(7-16-8)6-9-2-4-10(13)5-3-9/h2-5,8,11H,6-7H2,1H3,(H,14,15)/t8-,11+/m1/s1. The summed E-state index contributed by atoms with van der Waals surface area (Å²) in [5.41, 5.74) is 1.15. The lowest BCUT2D eigenvalue weighted by Gasteiger charge is -2.27. The molecule has 1 fully saturated rings. The third-order valence-electron chi connectivity index (χ3n) is 2.66. The predicted molar refractivity (Wildman–Crippen MR) is 62.5 cm³/mol. The van der Waals surface area contributed by atoms with E-state index in [0.717, 1.165) is 17.0 Å². The Morgan fingerprint density at radius 2 is 2.12 bits per heavy atom. The molecule has 1 amide bonds. The quantitative estimate of drug-likeness (QED) is 0.855. The van der Waals surface area contributed by atoms with Gasteiger partial charge in [0.15, 0.2) is 0 Å². The summed E-state index contributed by atoms with van der Waals surface area (Å²) in [6, 6.07) is 7.69. The van der Waals surface area contributed by atoms with Gasteiger partial charge in [-0.15, -0.1) is 0 Å². The number of benzene rings is 1. The Bertz CT molecular complexity index is 377. The zero-order valence-corrected chi connectivity index (χ0v) is 9.83. The molecule has 1 aromatic carbocycles. The first-order chi connectivity index (χ1) is 7.65. The van der Waals surface area contributed by atoms with Crippen LogP contribution < -0.4 is 5.32 Å². The molecule has 86 valence electrons. The second-order valence-corrected chi connectivity index (χ2v) is 4.45. The molecule has 0 unspecified atom stereocenters. The maximum Gasteiger partial charge on any atom is 0.249 e. The number of rotatable bonds is 2. The van der Waals surface area contributed by atoms with E-state index in [0.29, 0.717) is 6.61 Å². The van der Waals surface area contributed by atoms with Crippen molar-refractivity contribution in [2.24, 2.45) is 0 Å². The highest BCUT2D eigenvalue weighted by Gasteiger charge is 2.24. The first-order valence-electron chi connectivity index (χ1n) is 5.31. The number of hydrogen-bond acceptors (Lipinski definition) is 2. The highest BCUT2D eigenvalue weighted by molar-refractivity contribution is 6.30. The second-order valence-electron chi connectivity index (χ2n) is 4.01. The summed E-state index contributed by atoms with van der Waals surface area (Å²) < 4.78 is 5.36. The van der Waals surface area contributed by atoms with Crippen molar-refractivity contribution >= 4 is 17.5 Å². The highest BCUT2D eigenvalue weighted by atomic mass is 35.5. The third kappa shape index (κ3) is 2.74. The number of morpholine rings is 1. The van der Waals surface area contributed by atoms with E-state index in [-0.39, 0.29) is 18.1 Å². The molecule has 3 nitrogen and oxygen atoms in total. The number of carbonyl (C=O) groups is 1. The number of nitrogens with one attached hydrogen (secondary N) is 1. The van der Waals surface area contributed by atoms with Crippen LogP contribution in [0.25, 0.3) is 0 Å². The van der Waals surface area contributed by atoms with Gasteiger partial charge in [-0.05, 0) is 31.0 Å². The van der Waals surface area contributed by atoms with E-state index in [4.69, 9.17) is 16.3 Å². The van der Waals surface area contributed by atoms with E-state index < -0.39 is 0 Å². The van der Waals surface area contributed by atoms with E-state index in [9.17, 15) is 4.79 Å². The summed E-state index contributed by atoms with van der Waals surface area (Å²) in [5.74, 6) is -0.0368. The van der Waals surface area contributed by atoms with E-state index in [1.165, 1.54) is 0 Å². The van der Waals surface area contributed by atoms with Gasteiger partial charge in [0, 0.05) is 5.02 Å².